The summed E-state index contributed by atoms with van der Waals surface area (Å²) >= 11 is 0. The Morgan fingerprint density at radius 1 is 1.04 bits per heavy atom. The zero-order valence-electron chi connectivity index (χ0n) is 14.3. The van der Waals surface area contributed by atoms with Gasteiger partial charge in [-0.25, -0.2) is 21.6 Å². The Labute approximate surface area is 161 Å². The highest BCUT2D eigenvalue weighted by atomic mass is 35.5. The molecule has 0 aromatic heterocycles. The van der Waals surface area contributed by atoms with E-state index in [0.717, 1.165) is 37.9 Å². The summed E-state index contributed by atoms with van der Waals surface area (Å²) in [5.41, 5.74) is 1.00. The molecule has 1 saturated heterocycles. The summed E-state index contributed by atoms with van der Waals surface area (Å²) in [5, 5.41) is 3.17. The summed E-state index contributed by atoms with van der Waals surface area (Å²) in [6, 6.07) is 5.81. The second kappa shape index (κ2) is 8.81. The van der Waals surface area contributed by atoms with Gasteiger partial charge in [-0.05, 0) is 37.9 Å². The van der Waals surface area contributed by atoms with Crippen LogP contribution < -0.4 is 10.0 Å². The van der Waals surface area contributed by atoms with Gasteiger partial charge >= 0.3 is 0 Å². The van der Waals surface area contributed by atoms with E-state index < -0.39 is 20.0 Å². The van der Waals surface area contributed by atoms with Crippen LogP contribution in [0.1, 0.15) is 19.3 Å². The molecule has 26 heavy (non-hydrogen) atoms. The fraction of sp³-hybridized carbons (Fsp3) is 0.500. The zero-order valence-corrected chi connectivity index (χ0v) is 16.8. The van der Waals surface area contributed by atoms with Gasteiger partial charge < -0.3 is 5.32 Å². The molecule has 2 aliphatic rings. The van der Waals surface area contributed by atoms with Crippen LogP contribution in [0.5, 0.6) is 0 Å². The van der Waals surface area contributed by atoms with Gasteiger partial charge in [0.1, 0.15) is 9.79 Å². The van der Waals surface area contributed by atoms with Crippen LogP contribution in [-0.4, -0.2) is 53.9 Å². The second-order valence-corrected chi connectivity index (χ2v) is 9.84. The molecule has 0 atom stereocenters. The van der Waals surface area contributed by atoms with E-state index in [1.165, 1.54) is 16.4 Å². The normalized spacial score (nSPS) is 19.0. The van der Waals surface area contributed by atoms with E-state index in [-0.39, 0.29) is 28.7 Å². The summed E-state index contributed by atoms with van der Waals surface area (Å²) in [4.78, 5) is -0.333. The van der Waals surface area contributed by atoms with Crippen LogP contribution in [0, 0.1) is 0 Å². The van der Waals surface area contributed by atoms with Crippen LogP contribution in [0.25, 0.3) is 0 Å². The molecule has 1 fully saturated rings. The molecule has 3 rings (SSSR count). The second-order valence-electron chi connectivity index (χ2n) is 6.20. The number of nitrogens with zero attached hydrogens (tertiary/aromatic N) is 1. The van der Waals surface area contributed by atoms with Crippen molar-refractivity contribution in [1.29, 1.82) is 0 Å². The minimum atomic E-state index is -3.92. The van der Waals surface area contributed by atoms with Crippen molar-refractivity contribution in [2.75, 3.05) is 32.7 Å². The van der Waals surface area contributed by atoms with Crippen molar-refractivity contribution in [3.8, 4) is 0 Å². The lowest BCUT2D eigenvalue weighted by Crippen LogP contribution is -2.33. The number of sulfonamides is 2. The molecule has 0 aliphatic carbocycles. The molecule has 2 N–H and O–H groups in total. The fourth-order valence-corrected chi connectivity index (χ4v) is 6.40. The first kappa shape index (κ1) is 21.3. The van der Waals surface area contributed by atoms with Crippen molar-refractivity contribution in [2.45, 2.75) is 29.1 Å². The lowest BCUT2D eigenvalue weighted by Gasteiger charge is -2.19. The maximum absolute atomic E-state index is 12.8. The predicted molar refractivity (Wildman–Crippen MR) is 102 cm³/mol. The van der Waals surface area contributed by atoms with Crippen molar-refractivity contribution in [1.82, 2.24) is 14.3 Å². The van der Waals surface area contributed by atoms with Gasteiger partial charge in [0.2, 0.25) is 20.0 Å². The molecule has 0 saturated carbocycles. The Hall–Kier alpha value is -0.970. The minimum Gasteiger partial charge on any atom is -0.313 e. The molecule has 0 spiro atoms. The molecule has 1 aromatic rings. The van der Waals surface area contributed by atoms with Crippen LogP contribution in [0.3, 0.4) is 0 Å². The maximum atomic E-state index is 12.8. The number of halogens is 1. The van der Waals surface area contributed by atoms with Crippen molar-refractivity contribution in [2.24, 2.45) is 0 Å². The van der Waals surface area contributed by atoms with Crippen LogP contribution >= 0.6 is 12.4 Å². The van der Waals surface area contributed by atoms with Gasteiger partial charge in [0.25, 0.3) is 0 Å². The number of hydrogen-bond donors (Lipinski definition) is 2. The average molecular weight is 422 g/mol. The standard InChI is InChI=1S/C16H23N3O4S2.ClH/c20-24(21,18-13-14-7-9-17-10-8-14)15-5-1-2-6-16(15)25(22,23)19-11-3-4-12-19;/h1-2,5-7,17-18H,3-4,8-13H2;1H. The van der Waals surface area contributed by atoms with Gasteiger partial charge in [-0.15, -0.1) is 12.4 Å². The van der Waals surface area contributed by atoms with E-state index in [9.17, 15) is 16.8 Å². The van der Waals surface area contributed by atoms with E-state index in [1.807, 2.05) is 6.08 Å². The van der Waals surface area contributed by atoms with E-state index in [0.29, 0.717) is 13.1 Å². The first-order valence-electron chi connectivity index (χ1n) is 8.39. The molecule has 0 amide bonds. The van der Waals surface area contributed by atoms with Crippen LogP contribution in [0.15, 0.2) is 45.7 Å². The minimum absolute atomic E-state index is 0. The topological polar surface area (TPSA) is 95.6 Å². The van der Waals surface area contributed by atoms with Crippen molar-refractivity contribution >= 4 is 32.5 Å². The third-order valence-corrected chi connectivity index (χ3v) is 8.01. The van der Waals surface area contributed by atoms with E-state index in [2.05, 4.69) is 10.0 Å². The largest absolute Gasteiger partial charge is 0.313 e. The van der Waals surface area contributed by atoms with Gasteiger partial charge in [-0.3, -0.25) is 0 Å². The third kappa shape index (κ3) is 4.65. The summed E-state index contributed by atoms with van der Waals surface area (Å²) < 4.78 is 55.0. The summed E-state index contributed by atoms with van der Waals surface area (Å²) in [7, 11) is -7.73. The lowest BCUT2D eigenvalue weighted by molar-refractivity contribution is 0.474. The molecule has 0 radical (unpaired) electrons. The molecule has 2 aliphatic heterocycles. The smallest absolute Gasteiger partial charge is 0.244 e. The Bertz CT molecular complexity index is 863. The molecular weight excluding hydrogens is 398 g/mol. The molecule has 10 heteroatoms. The average Bonchev–Trinajstić information content (AvgIpc) is 3.17. The van der Waals surface area contributed by atoms with Gasteiger partial charge in [0.05, 0.1) is 0 Å². The Morgan fingerprint density at radius 3 is 2.31 bits per heavy atom. The molecule has 146 valence electrons. The first-order chi connectivity index (χ1) is 11.9. The lowest BCUT2D eigenvalue weighted by atomic mass is 10.1. The Kier molecular flexibility index (Phi) is 7.23. The summed E-state index contributed by atoms with van der Waals surface area (Å²) in [5.74, 6) is 0. The predicted octanol–water partition coefficient (Wildman–Crippen LogP) is 1.09. The molecule has 0 bridgehead atoms. The van der Waals surface area contributed by atoms with Gasteiger partial charge in [0.15, 0.2) is 0 Å². The van der Waals surface area contributed by atoms with E-state index >= 15 is 0 Å². The monoisotopic (exact) mass is 421 g/mol. The number of benzene rings is 1. The molecule has 2 heterocycles. The molecule has 7 nitrogen and oxygen atoms in total. The summed E-state index contributed by atoms with van der Waals surface area (Å²) in [6.45, 7) is 2.60. The Morgan fingerprint density at radius 2 is 1.69 bits per heavy atom. The van der Waals surface area contributed by atoms with Crippen LogP contribution in [-0.2, 0) is 20.0 Å². The van der Waals surface area contributed by atoms with Crippen molar-refractivity contribution in [3.63, 3.8) is 0 Å². The highest BCUT2D eigenvalue weighted by Crippen LogP contribution is 2.26. The van der Waals surface area contributed by atoms with E-state index in [1.54, 1.807) is 12.1 Å². The van der Waals surface area contributed by atoms with Crippen molar-refractivity contribution in [3.05, 3.63) is 35.9 Å². The number of rotatable bonds is 6. The Balaban J connectivity index is 0.00000243. The highest BCUT2D eigenvalue weighted by molar-refractivity contribution is 7.92. The quantitative estimate of drug-likeness (QED) is 0.670. The van der Waals surface area contributed by atoms with Crippen molar-refractivity contribution < 1.29 is 16.8 Å². The third-order valence-electron chi connectivity index (χ3n) is 4.47. The molecule has 1 aromatic carbocycles. The zero-order chi connectivity index (χ0) is 17.9. The number of nitrogens with one attached hydrogen (secondary N) is 2. The summed E-state index contributed by atoms with van der Waals surface area (Å²) in [6.07, 6.45) is 4.33. The highest BCUT2D eigenvalue weighted by Gasteiger charge is 2.32. The molecule has 0 unspecified atom stereocenters. The van der Waals surface area contributed by atoms with Crippen LogP contribution in [0.4, 0.5) is 0 Å². The van der Waals surface area contributed by atoms with Gasteiger partial charge in [0, 0.05) is 26.2 Å². The van der Waals surface area contributed by atoms with Gasteiger partial charge in [-0.2, -0.15) is 4.31 Å². The van der Waals surface area contributed by atoms with Crippen LogP contribution in [0.2, 0.25) is 0 Å². The SMILES string of the molecule is Cl.O=S(=O)(NCC1=CCNCC1)c1ccccc1S(=O)(=O)N1CCCC1. The number of hydrogen-bond acceptors (Lipinski definition) is 5. The van der Waals surface area contributed by atoms with Gasteiger partial charge in [-0.1, -0.05) is 23.8 Å². The maximum Gasteiger partial charge on any atom is 0.244 e. The fourth-order valence-electron chi connectivity index (χ4n) is 3.05. The van der Waals surface area contributed by atoms with E-state index in [4.69, 9.17) is 0 Å². The first-order valence-corrected chi connectivity index (χ1v) is 11.3. The molecular formula is C16H24ClN3O4S2.